The van der Waals surface area contributed by atoms with E-state index in [0.717, 1.165) is 20.9 Å². The number of hydrogen-bond donors (Lipinski definition) is 0. The van der Waals surface area contributed by atoms with E-state index in [4.69, 9.17) is 0 Å². The highest BCUT2D eigenvalue weighted by atomic mass is 32.1. The maximum absolute atomic E-state index is 12.9. The van der Waals surface area contributed by atoms with Crippen LogP contribution in [0.1, 0.15) is 15.4 Å². The van der Waals surface area contributed by atoms with Crippen molar-refractivity contribution in [2.45, 2.75) is 6.54 Å². The summed E-state index contributed by atoms with van der Waals surface area (Å²) in [6.45, 7) is 0.478. The molecule has 2 aromatic carbocycles. The maximum Gasteiger partial charge on any atom is 0.256 e. The molecule has 25 heavy (non-hydrogen) atoms. The van der Waals surface area contributed by atoms with Gasteiger partial charge in [0.2, 0.25) is 0 Å². The Morgan fingerprint density at radius 2 is 1.92 bits per heavy atom. The van der Waals surface area contributed by atoms with Crippen LogP contribution in [-0.2, 0) is 6.54 Å². The summed E-state index contributed by atoms with van der Waals surface area (Å²) in [4.78, 5) is 19.2. The SMILES string of the molecule is CN(Cc1nc2ccccc2s1)C(=O)c1ccccc1-n1cccn1. The van der Waals surface area contributed by atoms with Crippen LogP contribution >= 0.6 is 11.3 Å². The highest BCUT2D eigenvalue weighted by Gasteiger charge is 2.18. The summed E-state index contributed by atoms with van der Waals surface area (Å²) in [6, 6.07) is 17.3. The summed E-state index contributed by atoms with van der Waals surface area (Å²) in [7, 11) is 1.80. The number of thiazole rings is 1. The number of fused-ring (bicyclic) bond motifs is 1. The quantitative estimate of drug-likeness (QED) is 0.564. The fourth-order valence-electron chi connectivity index (χ4n) is 2.73. The molecule has 4 rings (SSSR count). The van der Waals surface area contributed by atoms with Crippen LogP contribution in [0.25, 0.3) is 15.9 Å². The smallest absolute Gasteiger partial charge is 0.256 e. The monoisotopic (exact) mass is 348 g/mol. The first-order chi connectivity index (χ1) is 12.2. The molecule has 0 aliphatic carbocycles. The summed E-state index contributed by atoms with van der Waals surface area (Å²) in [5.74, 6) is -0.0506. The Morgan fingerprint density at radius 3 is 2.72 bits per heavy atom. The van der Waals surface area contributed by atoms with Crippen molar-refractivity contribution in [2.75, 3.05) is 7.05 Å². The van der Waals surface area contributed by atoms with Crippen LogP contribution in [0.5, 0.6) is 0 Å². The average Bonchev–Trinajstić information content (AvgIpc) is 3.30. The van der Waals surface area contributed by atoms with E-state index in [-0.39, 0.29) is 5.91 Å². The van der Waals surface area contributed by atoms with E-state index < -0.39 is 0 Å². The molecule has 5 nitrogen and oxygen atoms in total. The predicted molar refractivity (Wildman–Crippen MR) is 99.0 cm³/mol. The van der Waals surface area contributed by atoms with Crippen molar-refractivity contribution in [1.29, 1.82) is 0 Å². The zero-order valence-corrected chi connectivity index (χ0v) is 14.5. The molecule has 0 unspecified atom stereocenters. The zero-order chi connectivity index (χ0) is 17.2. The lowest BCUT2D eigenvalue weighted by Gasteiger charge is -2.17. The van der Waals surface area contributed by atoms with Gasteiger partial charge in [-0.2, -0.15) is 5.10 Å². The van der Waals surface area contributed by atoms with Crippen molar-refractivity contribution in [1.82, 2.24) is 19.7 Å². The number of benzene rings is 2. The van der Waals surface area contributed by atoms with Gasteiger partial charge in [-0.1, -0.05) is 24.3 Å². The first-order valence-corrected chi connectivity index (χ1v) is 8.73. The summed E-state index contributed by atoms with van der Waals surface area (Å²) in [6.07, 6.45) is 3.53. The van der Waals surface area contributed by atoms with E-state index in [1.807, 2.05) is 60.8 Å². The molecule has 2 heterocycles. The number of aromatic nitrogens is 3. The highest BCUT2D eigenvalue weighted by Crippen LogP contribution is 2.23. The fourth-order valence-corrected chi connectivity index (χ4v) is 3.75. The summed E-state index contributed by atoms with van der Waals surface area (Å²) in [5.41, 5.74) is 2.36. The molecule has 0 N–H and O–H groups in total. The summed E-state index contributed by atoms with van der Waals surface area (Å²) in [5, 5.41) is 5.16. The lowest BCUT2D eigenvalue weighted by atomic mass is 10.1. The second-order valence-electron chi connectivity index (χ2n) is 5.70. The van der Waals surface area contributed by atoms with Gasteiger partial charge in [0.05, 0.1) is 28.0 Å². The molecule has 0 saturated heterocycles. The Balaban J connectivity index is 1.60. The van der Waals surface area contributed by atoms with Crippen molar-refractivity contribution in [2.24, 2.45) is 0 Å². The van der Waals surface area contributed by atoms with Gasteiger partial charge >= 0.3 is 0 Å². The standard InChI is InChI=1S/C19H16N4OS/c1-22(13-18-21-15-8-3-5-10-17(15)25-18)19(24)14-7-2-4-9-16(14)23-12-6-11-20-23/h2-12H,13H2,1H3. The lowest BCUT2D eigenvalue weighted by Crippen LogP contribution is -2.27. The molecular weight excluding hydrogens is 332 g/mol. The normalized spacial score (nSPS) is 10.9. The van der Waals surface area contributed by atoms with Gasteiger partial charge in [0.1, 0.15) is 5.01 Å². The van der Waals surface area contributed by atoms with Gasteiger partial charge in [-0.15, -0.1) is 11.3 Å². The van der Waals surface area contributed by atoms with Crippen molar-refractivity contribution >= 4 is 27.5 Å². The first-order valence-electron chi connectivity index (χ1n) is 7.91. The number of carbonyl (C=O) groups excluding carboxylic acids is 1. The summed E-state index contributed by atoms with van der Waals surface area (Å²) < 4.78 is 2.84. The Kier molecular flexibility index (Phi) is 4.03. The van der Waals surface area contributed by atoms with E-state index >= 15 is 0 Å². The number of amides is 1. The molecule has 0 bridgehead atoms. The van der Waals surface area contributed by atoms with Crippen molar-refractivity contribution < 1.29 is 4.79 Å². The molecule has 2 aromatic heterocycles. The van der Waals surface area contributed by atoms with Gasteiger partial charge in [-0.3, -0.25) is 4.79 Å². The van der Waals surface area contributed by atoms with Crippen LogP contribution in [-0.4, -0.2) is 32.6 Å². The number of nitrogens with zero attached hydrogens (tertiary/aromatic N) is 4. The van der Waals surface area contributed by atoms with Gasteiger partial charge in [0, 0.05) is 19.4 Å². The van der Waals surface area contributed by atoms with E-state index in [0.29, 0.717) is 12.1 Å². The van der Waals surface area contributed by atoms with E-state index in [1.54, 1.807) is 34.2 Å². The molecule has 0 spiro atoms. The Bertz CT molecular complexity index is 990. The zero-order valence-electron chi connectivity index (χ0n) is 13.7. The molecule has 0 aliphatic heterocycles. The van der Waals surface area contributed by atoms with Crippen LogP contribution in [0.3, 0.4) is 0 Å². The van der Waals surface area contributed by atoms with Crippen molar-refractivity contribution in [3.8, 4) is 5.69 Å². The number of hydrogen-bond acceptors (Lipinski definition) is 4. The molecule has 0 radical (unpaired) electrons. The van der Waals surface area contributed by atoms with E-state index in [1.165, 1.54) is 0 Å². The third-order valence-electron chi connectivity index (χ3n) is 3.94. The largest absolute Gasteiger partial charge is 0.335 e. The van der Waals surface area contributed by atoms with Crippen LogP contribution in [0.2, 0.25) is 0 Å². The van der Waals surface area contributed by atoms with Gasteiger partial charge in [-0.05, 0) is 30.3 Å². The minimum Gasteiger partial charge on any atom is -0.335 e. The molecule has 1 amide bonds. The van der Waals surface area contributed by atoms with E-state index in [2.05, 4.69) is 10.1 Å². The summed E-state index contributed by atoms with van der Waals surface area (Å²) >= 11 is 1.62. The molecule has 124 valence electrons. The number of rotatable bonds is 4. The Labute approximate surface area is 149 Å². The molecular formula is C19H16N4OS. The highest BCUT2D eigenvalue weighted by molar-refractivity contribution is 7.18. The van der Waals surface area contributed by atoms with Crippen LogP contribution < -0.4 is 0 Å². The van der Waals surface area contributed by atoms with Crippen molar-refractivity contribution in [3.05, 3.63) is 77.6 Å². The minimum atomic E-state index is -0.0506. The van der Waals surface area contributed by atoms with Gasteiger partial charge in [-0.25, -0.2) is 9.67 Å². The average molecular weight is 348 g/mol. The van der Waals surface area contributed by atoms with Gasteiger partial charge in [0.25, 0.3) is 5.91 Å². The third kappa shape index (κ3) is 3.04. The molecule has 0 saturated carbocycles. The molecule has 4 aromatic rings. The maximum atomic E-state index is 12.9. The van der Waals surface area contributed by atoms with E-state index in [9.17, 15) is 4.79 Å². The Hall–Kier alpha value is -2.99. The Morgan fingerprint density at radius 1 is 1.12 bits per heavy atom. The molecule has 0 atom stereocenters. The van der Waals surface area contributed by atoms with Crippen LogP contribution in [0.15, 0.2) is 67.0 Å². The van der Waals surface area contributed by atoms with Gasteiger partial charge < -0.3 is 4.90 Å². The number of para-hydroxylation sites is 2. The fraction of sp³-hybridized carbons (Fsp3) is 0.105. The lowest BCUT2D eigenvalue weighted by molar-refractivity contribution is 0.0785. The molecule has 0 aliphatic rings. The van der Waals surface area contributed by atoms with Gasteiger partial charge in [0.15, 0.2) is 0 Å². The third-order valence-corrected chi connectivity index (χ3v) is 4.96. The van der Waals surface area contributed by atoms with Crippen LogP contribution in [0.4, 0.5) is 0 Å². The molecule has 6 heteroatoms. The first kappa shape index (κ1) is 15.5. The van der Waals surface area contributed by atoms with Crippen LogP contribution in [0, 0.1) is 0 Å². The number of carbonyl (C=O) groups is 1. The topological polar surface area (TPSA) is 51.0 Å². The second-order valence-corrected chi connectivity index (χ2v) is 6.82. The minimum absolute atomic E-state index is 0.0506. The molecule has 0 fully saturated rings. The predicted octanol–water partition coefficient (Wildman–Crippen LogP) is 3.75. The second kappa shape index (κ2) is 6.49. The van der Waals surface area contributed by atoms with Crippen molar-refractivity contribution in [3.63, 3.8) is 0 Å².